The highest BCUT2D eigenvalue weighted by Crippen LogP contribution is 1.96. The number of sulfonamides is 1. The monoisotopic (exact) mass is 236 g/mol. The van der Waals surface area contributed by atoms with Gasteiger partial charge in [0.1, 0.15) is 0 Å². The molecule has 15 heavy (non-hydrogen) atoms. The lowest BCUT2D eigenvalue weighted by molar-refractivity contribution is -0.129. The highest BCUT2D eigenvalue weighted by molar-refractivity contribution is 7.90. The van der Waals surface area contributed by atoms with Gasteiger partial charge in [-0.2, -0.15) is 0 Å². The van der Waals surface area contributed by atoms with E-state index in [1.54, 1.807) is 18.7 Å². The molecule has 0 radical (unpaired) electrons. The maximum atomic E-state index is 11.5. The van der Waals surface area contributed by atoms with Crippen LogP contribution in [-0.4, -0.2) is 44.1 Å². The number of likely N-dealkylation sites (N-methyl/N-ethyl adjacent to an activating group) is 1. The van der Waals surface area contributed by atoms with Gasteiger partial charge in [-0.1, -0.05) is 0 Å². The van der Waals surface area contributed by atoms with E-state index in [0.717, 1.165) is 0 Å². The van der Waals surface area contributed by atoms with Gasteiger partial charge in [-0.3, -0.25) is 4.79 Å². The van der Waals surface area contributed by atoms with Crippen LogP contribution in [0.5, 0.6) is 0 Å². The Morgan fingerprint density at radius 2 is 1.73 bits per heavy atom. The van der Waals surface area contributed by atoms with Crippen LogP contribution in [0.1, 0.15) is 27.7 Å². The highest BCUT2D eigenvalue weighted by Gasteiger charge is 2.18. The molecule has 0 bridgehead atoms. The van der Waals surface area contributed by atoms with Gasteiger partial charge in [0, 0.05) is 13.1 Å². The van der Waals surface area contributed by atoms with E-state index in [1.165, 1.54) is 0 Å². The highest BCUT2D eigenvalue weighted by atomic mass is 32.2. The molecule has 90 valence electrons. The van der Waals surface area contributed by atoms with E-state index >= 15 is 0 Å². The predicted molar refractivity (Wildman–Crippen MR) is 60.0 cm³/mol. The predicted octanol–water partition coefficient (Wildman–Crippen LogP) is 0.183. The number of carbonyl (C=O) groups is 1. The van der Waals surface area contributed by atoms with E-state index in [9.17, 15) is 13.2 Å². The Labute approximate surface area is 91.9 Å². The quantitative estimate of drug-likeness (QED) is 0.715. The second kappa shape index (κ2) is 6.07. The van der Waals surface area contributed by atoms with Gasteiger partial charge < -0.3 is 4.90 Å². The van der Waals surface area contributed by atoms with Crippen LogP contribution >= 0.6 is 0 Å². The normalized spacial score (nSPS) is 11.8. The summed E-state index contributed by atoms with van der Waals surface area (Å²) in [6.45, 7) is 7.91. The van der Waals surface area contributed by atoms with Crippen molar-refractivity contribution >= 4 is 15.9 Å². The van der Waals surface area contributed by atoms with Crippen molar-refractivity contribution in [2.75, 3.05) is 19.6 Å². The lowest BCUT2D eigenvalue weighted by Gasteiger charge is -2.19. The van der Waals surface area contributed by atoms with Gasteiger partial charge in [0.05, 0.1) is 11.8 Å². The third-order valence-corrected chi connectivity index (χ3v) is 3.95. The number of nitrogens with one attached hydrogen (secondary N) is 1. The minimum absolute atomic E-state index is 0.151. The van der Waals surface area contributed by atoms with Crippen LogP contribution in [-0.2, 0) is 14.8 Å². The lowest BCUT2D eigenvalue weighted by Crippen LogP contribution is -2.41. The minimum atomic E-state index is -3.34. The number of nitrogens with zero attached hydrogens (tertiary/aromatic N) is 1. The molecule has 0 fully saturated rings. The van der Waals surface area contributed by atoms with Gasteiger partial charge in [0.25, 0.3) is 0 Å². The van der Waals surface area contributed by atoms with E-state index in [4.69, 9.17) is 0 Å². The zero-order valence-corrected chi connectivity index (χ0v) is 10.6. The van der Waals surface area contributed by atoms with E-state index in [2.05, 4.69) is 4.72 Å². The Balaban J connectivity index is 4.23. The summed E-state index contributed by atoms with van der Waals surface area (Å²) < 4.78 is 25.0. The summed E-state index contributed by atoms with van der Waals surface area (Å²) in [5, 5.41) is -0.512. The first-order valence-corrected chi connectivity index (χ1v) is 6.66. The largest absolute Gasteiger partial charge is 0.342 e. The number of carbonyl (C=O) groups excluding carboxylic acids is 1. The van der Waals surface area contributed by atoms with Crippen LogP contribution in [0.15, 0.2) is 0 Å². The molecule has 0 aromatic heterocycles. The molecule has 0 spiro atoms. The maximum Gasteiger partial charge on any atom is 0.237 e. The van der Waals surface area contributed by atoms with Crippen LogP contribution in [0.2, 0.25) is 0 Å². The van der Waals surface area contributed by atoms with Gasteiger partial charge in [0.15, 0.2) is 0 Å². The topological polar surface area (TPSA) is 66.5 Å². The summed E-state index contributed by atoms with van der Waals surface area (Å²) >= 11 is 0. The van der Waals surface area contributed by atoms with Gasteiger partial charge in [-0.15, -0.1) is 0 Å². The Kier molecular flexibility index (Phi) is 5.82. The molecular weight excluding hydrogens is 216 g/mol. The van der Waals surface area contributed by atoms with E-state index in [-0.39, 0.29) is 12.5 Å². The summed E-state index contributed by atoms with van der Waals surface area (Å²) in [4.78, 5) is 13.1. The van der Waals surface area contributed by atoms with Crippen LogP contribution in [0.25, 0.3) is 0 Å². The van der Waals surface area contributed by atoms with E-state index < -0.39 is 15.3 Å². The maximum absolute atomic E-state index is 11.5. The van der Waals surface area contributed by atoms with E-state index in [1.807, 2.05) is 13.8 Å². The fraction of sp³-hybridized carbons (Fsp3) is 0.889. The van der Waals surface area contributed by atoms with Crippen molar-refractivity contribution in [1.82, 2.24) is 9.62 Å². The molecule has 0 rings (SSSR count). The second-order valence-corrected chi connectivity index (χ2v) is 5.80. The molecule has 0 saturated carbocycles. The van der Waals surface area contributed by atoms with Crippen LogP contribution in [0.3, 0.4) is 0 Å². The van der Waals surface area contributed by atoms with Crippen molar-refractivity contribution in [3.05, 3.63) is 0 Å². The number of amides is 1. The standard InChI is InChI=1S/C9H20N2O3S/c1-5-11(6-2)9(12)7-10-15(13,14)8(3)4/h8,10H,5-7H2,1-4H3. The Hall–Kier alpha value is -0.620. The molecule has 0 aliphatic rings. The summed E-state index contributed by atoms with van der Waals surface area (Å²) in [5.41, 5.74) is 0. The lowest BCUT2D eigenvalue weighted by atomic mass is 10.4. The zero-order chi connectivity index (χ0) is 12.1. The van der Waals surface area contributed by atoms with E-state index in [0.29, 0.717) is 13.1 Å². The molecule has 0 atom stereocenters. The van der Waals surface area contributed by atoms with Crippen LogP contribution < -0.4 is 4.72 Å². The number of hydrogen-bond donors (Lipinski definition) is 1. The molecule has 0 aromatic carbocycles. The Morgan fingerprint density at radius 1 is 1.27 bits per heavy atom. The first-order chi connectivity index (χ1) is 6.85. The summed E-state index contributed by atoms with van der Waals surface area (Å²) in [5.74, 6) is -0.191. The molecule has 0 aliphatic heterocycles. The summed E-state index contributed by atoms with van der Waals surface area (Å²) in [7, 11) is -3.34. The van der Waals surface area contributed by atoms with Crippen molar-refractivity contribution < 1.29 is 13.2 Å². The third kappa shape index (κ3) is 4.61. The molecule has 0 aliphatic carbocycles. The fourth-order valence-corrected chi connectivity index (χ4v) is 1.68. The fourth-order valence-electron chi connectivity index (χ4n) is 1.02. The van der Waals surface area contributed by atoms with Crippen LogP contribution in [0.4, 0.5) is 0 Å². The third-order valence-electron chi connectivity index (χ3n) is 2.16. The molecule has 1 amide bonds. The van der Waals surface area contributed by atoms with Crippen LogP contribution in [0, 0.1) is 0 Å². The molecular formula is C9H20N2O3S. The first-order valence-electron chi connectivity index (χ1n) is 5.11. The van der Waals surface area contributed by atoms with Crippen molar-refractivity contribution in [1.29, 1.82) is 0 Å². The first kappa shape index (κ1) is 14.4. The Bertz CT molecular complexity index is 294. The summed E-state index contributed by atoms with van der Waals surface area (Å²) in [6, 6.07) is 0. The average molecular weight is 236 g/mol. The zero-order valence-electron chi connectivity index (χ0n) is 9.78. The molecule has 1 N–H and O–H groups in total. The number of hydrogen-bond acceptors (Lipinski definition) is 3. The number of rotatable bonds is 6. The second-order valence-electron chi connectivity index (χ2n) is 3.48. The molecule has 0 aromatic rings. The molecule has 6 heteroatoms. The van der Waals surface area contributed by atoms with Gasteiger partial charge in [0.2, 0.25) is 15.9 Å². The van der Waals surface area contributed by atoms with Crippen molar-refractivity contribution in [3.63, 3.8) is 0 Å². The SMILES string of the molecule is CCN(CC)C(=O)CNS(=O)(=O)C(C)C. The van der Waals surface area contributed by atoms with Gasteiger partial charge in [-0.25, -0.2) is 13.1 Å². The van der Waals surface area contributed by atoms with Crippen molar-refractivity contribution in [3.8, 4) is 0 Å². The smallest absolute Gasteiger partial charge is 0.237 e. The molecule has 5 nitrogen and oxygen atoms in total. The summed E-state index contributed by atoms with van der Waals surface area (Å²) in [6.07, 6.45) is 0. The van der Waals surface area contributed by atoms with Gasteiger partial charge >= 0.3 is 0 Å². The average Bonchev–Trinajstić information content (AvgIpc) is 2.16. The van der Waals surface area contributed by atoms with Gasteiger partial charge in [-0.05, 0) is 27.7 Å². The molecule has 0 heterocycles. The minimum Gasteiger partial charge on any atom is -0.342 e. The molecule has 0 unspecified atom stereocenters. The Morgan fingerprint density at radius 3 is 2.07 bits per heavy atom. The van der Waals surface area contributed by atoms with Crippen molar-refractivity contribution in [2.24, 2.45) is 0 Å². The molecule has 0 saturated heterocycles. The van der Waals surface area contributed by atoms with Crippen molar-refractivity contribution in [2.45, 2.75) is 32.9 Å².